The molecule has 5 nitrogen and oxygen atoms in total. The Morgan fingerprint density at radius 1 is 1.38 bits per heavy atom. The fourth-order valence-electron chi connectivity index (χ4n) is 2.60. The molecule has 0 bridgehead atoms. The van der Waals surface area contributed by atoms with E-state index in [0.717, 1.165) is 25.0 Å². The Labute approximate surface area is 132 Å². The van der Waals surface area contributed by atoms with Crippen LogP contribution in [0.2, 0.25) is 0 Å². The van der Waals surface area contributed by atoms with Gasteiger partial charge in [-0.25, -0.2) is 4.79 Å². The number of amides is 1. The molecule has 0 aromatic rings. The van der Waals surface area contributed by atoms with E-state index in [9.17, 15) is 9.59 Å². The number of hydrogen-bond donors (Lipinski definition) is 1. The van der Waals surface area contributed by atoms with E-state index in [1.807, 2.05) is 0 Å². The van der Waals surface area contributed by atoms with E-state index in [1.54, 1.807) is 23.6 Å². The summed E-state index contributed by atoms with van der Waals surface area (Å²) in [5.74, 6) is 1.83. The van der Waals surface area contributed by atoms with Gasteiger partial charge in [-0.15, -0.1) is 0 Å². The Morgan fingerprint density at radius 2 is 2.14 bits per heavy atom. The quantitative estimate of drug-likeness (QED) is 0.689. The van der Waals surface area contributed by atoms with Crippen LogP contribution in [0.25, 0.3) is 0 Å². The van der Waals surface area contributed by atoms with Crippen LogP contribution in [0.3, 0.4) is 0 Å². The molecule has 1 amide bonds. The summed E-state index contributed by atoms with van der Waals surface area (Å²) in [4.78, 5) is 26.1. The molecule has 0 aromatic heterocycles. The highest BCUT2D eigenvalue weighted by Gasteiger charge is 2.33. The lowest BCUT2D eigenvalue weighted by atomic mass is 9.96. The molecule has 1 fully saturated rings. The lowest BCUT2D eigenvalue weighted by Crippen LogP contribution is -2.51. The van der Waals surface area contributed by atoms with Crippen LogP contribution >= 0.6 is 11.8 Å². The maximum absolute atomic E-state index is 12.4. The Bertz CT molecular complexity index is 339. The van der Waals surface area contributed by atoms with Crippen molar-refractivity contribution >= 4 is 23.6 Å². The maximum Gasteiger partial charge on any atom is 0.329 e. The van der Waals surface area contributed by atoms with Gasteiger partial charge in [0.2, 0.25) is 5.91 Å². The Morgan fingerprint density at radius 3 is 2.76 bits per heavy atom. The van der Waals surface area contributed by atoms with Crippen LogP contribution in [0.1, 0.15) is 39.5 Å². The minimum atomic E-state index is -0.411. The molecule has 6 heteroatoms. The normalized spacial score (nSPS) is 20.1. The average Bonchev–Trinajstić information content (AvgIpc) is 2.51. The van der Waals surface area contributed by atoms with Crippen molar-refractivity contribution in [1.82, 2.24) is 4.90 Å². The van der Waals surface area contributed by atoms with Gasteiger partial charge in [0.25, 0.3) is 0 Å². The first-order valence-electron chi connectivity index (χ1n) is 7.87. The average molecular weight is 316 g/mol. The molecular weight excluding hydrogens is 288 g/mol. The minimum absolute atomic E-state index is 0.0730. The monoisotopic (exact) mass is 316 g/mol. The number of hydrogen-bond acceptors (Lipinski definition) is 5. The third kappa shape index (κ3) is 5.87. The first kappa shape index (κ1) is 18.3. The molecule has 1 rings (SSSR count). The zero-order chi connectivity index (χ0) is 15.7. The van der Waals surface area contributed by atoms with Crippen molar-refractivity contribution in [3.63, 3.8) is 0 Å². The van der Waals surface area contributed by atoms with Crippen LogP contribution in [-0.2, 0) is 14.3 Å². The van der Waals surface area contributed by atoms with E-state index < -0.39 is 6.04 Å². The Kier molecular flexibility index (Phi) is 8.76. The highest BCUT2D eigenvalue weighted by atomic mass is 32.2. The van der Waals surface area contributed by atoms with E-state index in [2.05, 4.69) is 6.92 Å². The largest absolute Gasteiger partial charge is 0.464 e. The fraction of sp³-hybridized carbons (Fsp3) is 0.867. The second-order valence-electron chi connectivity index (χ2n) is 5.32. The number of carbonyl (C=O) groups excluding carboxylic acids is 2. The van der Waals surface area contributed by atoms with Crippen molar-refractivity contribution in [2.75, 3.05) is 31.2 Å². The molecule has 2 unspecified atom stereocenters. The minimum Gasteiger partial charge on any atom is -0.464 e. The summed E-state index contributed by atoms with van der Waals surface area (Å²) < 4.78 is 5.08. The molecule has 2 N–H and O–H groups in total. The Hall–Kier alpha value is -0.750. The summed E-state index contributed by atoms with van der Waals surface area (Å²) >= 11 is 1.70. The summed E-state index contributed by atoms with van der Waals surface area (Å²) in [6.07, 6.45) is 3.35. The number of thioether (sulfide) groups is 1. The van der Waals surface area contributed by atoms with Crippen LogP contribution in [0, 0.1) is 5.92 Å². The maximum atomic E-state index is 12.4. The molecule has 21 heavy (non-hydrogen) atoms. The van der Waals surface area contributed by atoms with Gasteiger partial charge in [-0.05, 0) is 32.2 Å². The molecule has 0 aromatic carbocycles. The van der Waals surface area contributed by atoms with E-state index >= 15 is 0 Å². The van der Waals surface area contributed by atoms with Crippen molar-refractivity contribution in [2.45, 2.75) is 45.6 Å². The van der Waals surface area contributed by atoms with E-state index in [0.29, 0.717) is 37.8 Å². The topological polar surface area (TPSA) is 72.6 Å². The van der Waals surface area contributed by atoms with E-state index in [1.165, 1.54) is 0 Å². The fourth-order valence-corrected chi connectivity index (χ4v) is 3.63. The Balaban J connectivity index is 2.54. The predicted octanol–water partition coefficient (Wildman–Crippen LogP) is 1.65. The molecule has 122 valence electrons. The SMILES string of the molecule is CCOC(=O)C1CSCCN1C(=O)CCC(CC)CCN. The first-order chi connectivity index (χ1) is 10.1. The second-order valence-corrected chi connectivity index (χ2v) is 6.47. The van der Waals surface area contributed by atoms with Crippen molar-refractivity contribution < 1.29 is 14.3 Å². The zero-order valence-electron chi connectivity index (χ0n) is 13.2. The van der Waals surface area contributed by atoms with Crippen LogP contribution in [0.15, 0.2) is 0 Å². The number of nitrogens with two attached hydrogens (primary N) is 1. The van der Waals surface area contributed by atoms with Gasteiger partial charge >= 0.3 is 5.97 Å². The standard InChI is InChI=1S/C15H28N2O3S/c1-3-12(7-8-16)5-6-14(18)17-9-10-21-11-13(17)15(19)20-4-2/h12-13H,3-11,16H2,1-2H3. The molecule has 0 spiro atoms. The van der Waals surface area contributed by atoms with E-state index in [-0.39, 0.29) is 11.9 Å². The number of carbonyl (C=O) groups is 2. The molecule has 0 aliphatic carbocycles. The molecule has 1 saturated heterocycles. The summed E-state index contributed by atoms with van der Waals surface area (Å²) in [7, 11) is 0. The third-order valence-electron chi connectivity index (χ3n) is 3.93. The number of nitrogens with zero attached hydrogens (tertiary/aromatic N) is 1. The summed E-state index contributed by atoms with van der Waals surface area (Å²) in [5, 5.41) is 0. The molecule has 1 aliphatic rings. The van der Waals surface area contributed by atoms with Gasteiger partial charge < -0.3 is 15.4 Å². The van der Waals surface area contributed by atoms with Gasteiger partial charge in [0.1, 0.15) is 6.04 Å². The summed E-state index contributed by atoms with van der Waals surface area (Å²) in [6.45, 7) is 5.58. The van der Waals surface area contributed by atoms with Crippen LogP contribution in [0.4, 0.5) is 0 Å². The lowest BCUT2D eigenvalue weighted by Gasteiger charge is -2.34. The van der Waals surface area contributed by atoms with Crippen LogP contribution < -0.4 is 5.73 Å². The van der Waals surface area contributed by atoms with Crippen molar-refractivity contribution in [1.29, 1.82) is 0 Å². The molecule has 0 radical (unpaired) electrons. The van der Waals surface area contributed by atoms with Gasteiger partial charge in [0.05, 0.1) is 6.61 Å². The predicted molar refractivity (Wildman–Crippen MR) is 86.1 cm³/mol. The van der Waals surface area contributed by atoms with Gasteiger partial charge in [-0.1, -0.05) is 13.3 Å². The molecule has 1 heterocycles. The smallest absolute Gasteiger partial charge is 0.329 e. The van der Waals surface area contributed by atoms with Crippen LogP contribution in [0.5, 0.6) is 0 Å². The van der Waals surface area contributed by atoms with Gasteiger partial charge in [0, 0.05) is 24.5 Å². The highest BCUT2D eigenvalue weighted by Crippen LogP contribution is 2.21. The molecule has 0 saturated carbocycles. The molecular formula is C15H28N2O3S. The van der Waals surface area contributed by atoms with Crippen LogP contribution in [-0.4, -0.2) is 54.0 Å². The van der Waals surface area contributed by atoms with Gasteiger partial charge in [-0.2, -0.15) is 11.8 Å². The summed E-state index contributed by atoms with van der Waals surface area (Å²) in [6, 6.07) is -0.411. The van der Waals surface area contributed by atoms with E-state index in [4.69, 9.17) is 10.5 Å². The van der Waals surface area contributed by atoms with Gasteiger partial charge in [-0.3, -0.25) is 4.79 Å². The third-order valence-corrected chi connectivity index (χ3v) is 4.95. The number of ether oxygens (including phenoxy) is 1. The highest BCUT2D eigenvalue weighted by molar-refractivity contribution is 7.99. The van der Waals surface area contributed by atoms with Gasteiger partial charge in [0.15, 0.2) is 0 Å². The van der Waals surface area contributed by atoms with Crippen molar-refractivity contribution in [3.8, 4) is 0 Å². The first-order valence-corrected chi connectivity index (χ1v) is 9.03. The zero-order valence-corrected chi connectivity index (χ0v) is 14.0. The lowest BCUT2D eigenvalue weighted by molar-refractivity contribution is -0.154. The summed E-state index contributed by atoms with van der Waals surface area (Å²) in [5.41, 5.74) is 5.59. The second kappa shape index (κ2) is 10.1. The molecule has 1 aliphatic heterocycles. The molecule has 2 atom stereocenters. The number of esters is 1. The van der Waals surface area contributed by atoms with Crippen molar-refractivity contribution in [2.24, 2.45) is 11.7 Å². The van der Waals surface area contributed by atoms with Crippen molar-refractivity contribution in [3.05, 3.63) is 0 Å². The number of rotatable bonds is 8.